The van der Waals surface area contributed by atoms with Gasteiger partial charge in [0.1, 0.15) is 6.10 Å². The lowest BCUT2D eigenvalue weighted by atomic mass is 10.0. The maximum absolute atomic E-state index is 9.17. The predicted molar refractivity (Wildman–Crippen MR) is 75.3 cm³/mol. The number of aliphatic hydroxyl groups is 3. The molecular formula is C15H32O3. The molecular weight excluding hydrogens is 228 g/mol. The molecule has 18 heavy (non-hydrogen) atoms. The summed E-state index contributed by atoms with van der Waals surface area (Å²) in [7, 11) is 0. The van der Waals surface area contributed by atoms with Crippen molar-refractivity contribution in [3.8, 4) is 0 Å². The Kier molecular flexibility index (Phi) is 13.2. The summed E-state index contributed by atoms with van der Waals surface area (Å²) < 4.78 is 0. The van der Waals surface area contributed by atoms with E-state index in [9.17, 15) is 0 Å². The summed E-state index contributed by atoms with van der Waals surface area (Å²) in [6.45, 7) is 2.24. The van der Waals surface area contributed by atoms with E-state index in [1.165, 1.54) is 57.8 Å². The first kappa shape index (κ1) is 17.9. The van der Waals surface area contributed by atoms with Crippen LogP contribution in [0.25, 0.3) is 0 Å². The molecule has 0 aromatic rings. The Balaban J connectivity index is 3.03. The lowest BCUT2D eigenvalue weighted by Gasteiger charge is -2.11. The lowest BCUT2D eigenvalue weighted by Crippen LogP contribution is -2.24. The summed E-state index contributed by atoms with van der Waals surface area (Å²) in [5.74, 6) is 0. The van der Waals surface area contributed by atoms with Crippen LogP contribution in [0.3, 0.4) is 0 Å². The topological polar surface area (TPSA) is 60.7 Å². The van der Waals surface area contributed by atoms with E-state index in [2.05, 4.69) is 6.92 Å². The van der Waals surface area contributed by atoms with Crippen LogP contribution in [0.2, 0.25) is 0 Å². The third-order valence-electron chi connectivity index (χ3n) is 3.45. The molecule has 0 radical (unpaired) electrons. The first-order valence-corrected chi connectivity index (χ1v) is 7.72. The van der Waals surface area contributed by atoms with Gasteiger partial charge in [-0.15, -0.1) is 0 Å². The predicted octanol–water partition coefficient (Wildman–Crippen LogP) is 3.36. The van der Waals surface area contributed by atoms with Crippen molar-refractivity contribution in [2.24, 2.45) is 0 Å². The highest BCUT2D eigenvalue weighted by Gasteiger charge is 2.11. The van der Waals surface area contributed by atoms with E-state index in [-0.39, 0.29) is 0 Å². The molecule has 0 bridgehead atoms. The maximum Gasteiger partial charge on any atom is 0.178 e. The van der Waals surface area contributed by atoms with Crippen LogP contribution in [-0.2, 0) is 0 Å². The summed E-state index contributed by atoms with van der Waals surface area (Å²) in [6.07, 6.45) is 11.9. The zero-order chi connectivity index (χ0) is 13.6. The molecule has 0 saturated heterocycles. The quantitative estimate of drug-likeness (QED) is 0.351. The Labute approximate surface area is 112 Å². The van der Waals surface area contributed by atoms with E-state index >= 15 is 0 Å². The minimum Gasteiger partial charge on any atom is -0.388 e. The first-order valence-electron chi connectivity index (χ1n) is 7.72. The molecule has 0 amide bonds. The second kappa shape index (κ2) is 13.3. The SMILES string of the molecule is CCCCCCCCCCCCCC(O)C(O)O. The Hall–Kier alpha value is -0.120. The van der Waals surface area contributed by atoms with E-state index in [0.29, 0.717) is 6.42 Å². The van der Waals surface area contributed by atoms with Gasteiger partial charge in [0.05, 0.1) is 0 Å². The van der Waals surface area contributed by atoms with E-state index in [4.69, 9.17) is 15.3 Å². The summed E-state index contributed by atoms with van der Waals surface area (Å²) >= 11 is 0. The van der Waals surface area contributed by atoms with Crippen LogP contribution in [-0.4, -0.2) is 27.7 Å². The molecule has 0 rings (SSSR count). The highest BCUT2D eigenvalue weighted by molar-refractivity contribution is 4.57. The molecule has 0 aliphatic carbocycles. The molecule has 3 nitrogen and oxygen atoms in total. The zero-order valence-electron chi connectivity index (χ0n) is 12.0. The van der Waals surface area contributed by atoms with Crippen molar-refractivity contribution in [1.29, 1.82) is 0 Å². The van der Waals surface area contributed by atoms with Crippen LogP contribution in [0, 0.1) is 0 Å². The van der Waals surface area contributed by atoms with Crippen molar-refractivity contribution in [3.63, 3.8) is 0 Å². The number of rotatable bonds is 13. The average molecular weight is 260 g/mol. The fourth-order valence-electron chi connectivity index (χ4n) is 2.17. The van der Waals surface area contributed by atoms with Crippen molar-refractivity contribution in [2.45, 2.75) is 96.4 Å². The number of unbranched alkanes of at least 4 members (excludes halogenated alkanes) is 10. The maximum atomic E-state index is 9.17. The molecule has 0 aromatic heterocycles. The van der Waals surface area contributed by atoms with Crippen molar-refractivity contribution in [2.75, 3.05) is 0 Å². The van der Waals surface area contributed by atoms with Gasteiger partial charge in [-0.3, -0.25) is 0 Å². The summed E-state index contributed by atoms with van der Waals surface area (Å²) in [4.78, 5) is 0. The molecule has 0 aromatic carbocycles. The molecule has 1 atom stereocenters. The Morgan fingerprint density at radius 2 is 1.00 bits per heavy atom. The zero-order valence-corrected chi connectivity index (χ0v) is 12.0. The van der Waals surface area contributed by atoms with Gasteiger partial charge in [0.15, 0.2) is 6.29 Å². The second-order valence-electron chi connectivity index (χ2n) is 5.31. The van der Waals surface area contributed by atoms with Gasteiger partial charge < -0.3 is 15.3 Å². The minimum atomic E-state index is -1.58. The molecule has 0 heterocycles. The number of hydrogen-bond donors (Lipinski definition) is 3. The van der Waals surface area contributed by atoms with E-state index in [1.807, 2.05) is 0 Å². The first-order chi connectivity index (χ1) is 8.68. The van der Waals surface area contributed by atoms with E-state index in [1.54, 1.807) is 0 Å². The van der Waals surface area contributed by atoms with Crippen LogP contribution in [0.1, 0.15) is 84.0 Å². The Morgan fingerprint density at radius 1 is 0.611 bits per heavy atom. The molecule has 0 saturated carbocycles. The van der Waals surface area contributed by atoms with Crippen molar-refractivity contribution in [1.82, 2.24) is 0 Å². The van der Waals surface area contributed by atoms with Gasteiger partial charge in [0.2, 0.25) is 0 Å². The average Bonchev–Trinajstić information content (AvgIpc) is 2.35. The highest BCUT2D eigenvalue weighted by atomic mass is 16.5. The van der Waals surface area contributed by atoms with Crippen LogP contribution >= 0.6 is 0 Å². The molecule has 3 heteroatoms. The van der Waals surface area contributed by atoms with Gasteiger partial charge in [0.25, 0.3) is 0 Å². The van der Waals surface area contributed by atoms with Gasteiger partial charge in [0, 0.05) is 0 Å². The van der Waals surface area contributed by atoms with Gasteiger partial charge >= 0.3 is 0 Å². The van der Waals surface area contributed by atoms with Crippen molar-refractivity contribution < 1.29 is 15.3 Å². The van der Waals surface area contributed by atoms with Crippen LogP contribution in [0.4, 0.5) is 0 Å². The number of aliphatic hydroxyl groups excluding tert-OH is 2. The van der Waals surface area contributed by atoms with Gasteiger partial charge in [-0.05, 0) is 6.42 Å². The standard InChI is InChI=1S/C15H32O3/c1-2-3-4-5-6-7-8-9-10-11-12-13-14(16)15(17)18/h14-18H,2-13H2,1H3. The van der Waals surface area contributed by atoms with Crippen molar-refractivity contribution >= 4 is 0 Å². The molecule has 1 unspecified atom stereocenters. The molecule has 0 spiro atoms. The smallest absolute Gasteiger partial charge is 0.178 e. The third-order valence-corrected chi connectivity index (χ3v) is 3.45. The van der Waals surface area contributed by atoms with Crippen LogP contribution in [0.5, 0.6) is 0 Å². The normalized spacial score (nSPS) is 13.2. The summed E-state index contributed by atoms with van der Waals surface area (Å²) in [5.41, 5.74) is 0. The fraction of sp³-hybridized carbons (Fsp3) is 1.00. The van der Waals surface area contributed by atoms with E-state index < -0.39 is 12.4 Å². The molecule has 0 aliphatic rings. The summed E-state index contributed by atoms with van der Waals surface area (Å²) in [5, 5.41) is 26.5. The van der Waals surface area contributed by atoms with Crippen molar-refractivity contribution in [3.05, 3.63) is 0 Å². The Bertz CT molecular complexity index is 160. The number of hydrogen-bond acceptors (Lipinski definition) is 3. The van der Waals surface area contributed by atoms with E-state index in [0.717, 1.165) is 12.8 Å². The van der Waals surface area contributed by atoms with Crippen LogP contribution in [0.15, 0.2) is 0 Å². The summed E-state index contributed by atoms with van der Waals surface area (Å²) in [6, 6.07) is 0. The van der Waals surface area contributed by atoms with Crippen LogP contribution < -0.4 is 0 Å². The highest BCUT2D eigenvalue weighted by Crippen LogP contribution is 2.12. The third kappa shape index (κ3) is 12.3. The largest absolute Gasteiger partial charge is 0.388 e. The fourth-order valence-corrected chi connectivity index (χ4v) is 2.17. The van der Waals surface area contributed by atoms with Gasteiger partial charge in [-0.1, -0.05) is 77.6 Å². The monoisotopic (exact) mass is 260 g/mol. The second-order valence-corrected chi connectivity index (χ2v) is 5.31. The molecule has 3 N–H and O–H groups in total. The Morgan fingerprint density at radius 3 is 1.39 bits per heavy atom. The minimum absolute atomic E-state index is 0.495. The molecule has 0 aliphatic heterocycles. The van der Waals surface area contributed by atoms with Gasteiger partial charge in [-0.25, -0.2) is 0 Å². The molecule has 110 valence electrons. The van der Waals surface area contributed by atoms with Gasteiger partial charge in [-0.2, -0.15) is 0 Å². The molecule has 0 fully saturated rings. The lowest BCUT2D eigenvalue weighted by molar-refractivity contribution is -0.124.